The molecule has 0 radical (unpaired) electrons. The number of benzene rings is 1. The molecule has 0 saturated carbocycles. The van der Waals surface area contributed by atoms with Crippen LogP contribution in [0, 0.1) is 0 Å². The quantitative estimate of drug-likeness (QED) is 0.385. The van der Waals surface area contributed by atoms with Gasteiger partial charge in [-0.05, 0) is 36.2 Å². The minimum atomic E-state index is -4.67. The average molecular weight is 507 g/mol. The van der Waals surface area contributed by atoms with Crippen molar-refractivity contribution in [3.8, 4) is 5.75 Å². The van der Waals surface area contributed by atoms with Gasteiger partial charge in [0.2, 0.25) is 0 Å². The summed E-state index contributed by atoms with van der Waals surface area (Å²) in [7, 11) is 0. The van der Waals surface area contributed by atoms with Crippen LogP contribution in [-0.4, -0.2) is 40.4 Å². The number of aliphatic hydroxyl groups is 1. The maximum absolute atomic E-state index is 14.4. The van der Waals surface area contributed by atoms with E-state index in [1.165, 1.54) is 19.1 Å². The molecule has 11 heteroatoms. The second-order valence-corrected chi connectivity index (χ2v) is 9.38. The molecular formula is C23H21ClF6N2O2. The first-order valence-corrected chi connectivity index (χ1v) is 10.8. The van der Waals surface area contributed by atoms with Crippen molar-refractivity contribution in [2.45, 2.75) is 49.8 Å². The molecule has 2 unspecified atom stereocenters. The van der Waals surface area contributed by atoms with Gasteiger partial charge in [0.05, 0.1) is 25.0 Å². The lowest BCUT2D eigenvalue weighted by molar-refractivity contribution is -0.141. The van der Waals surface area contributed by atoms with Crippen molar-refractivity contribution in [3.63, 3.8) is 0 Å². The van der Waals surface area contributed by atoms with Crippen molar-refractivity contribution >= 4 is 22.5 Å². The van der Waals surface area contributed by atoms with Gasteiger partial charge in [-0.2, -0.15) is 13.2 Å². The fourth-order valence-corrected chi connectivity index (χ4v) is 4.74. The zero-order valence-electron chi connectivity index (χ0n) is 17.9. The van der Waals surface area contributed by atoms with Crippen LogP contribution in [0.25, 0.3) is 10.9 Å². The maximum atomic E-state index is 14.4. The molecule has 184 valence electrons. The van der Waals surface area contributed by atoms with E-state index in [9.17, 15) is 31.4 Å². The van der Waals surface area contributed by atoms with Crippen molar-refractivity contribution in [1.82, 2.24) is 9.97 Å². The van der Waals surface area contributed by atoms with Gasteiger partial charge < -0.3 is 14.8 Å². The maximum Gasteiger partial charge on any atom is 0.433 e. The Hall–Kier alpha value is -2.46. The second kappa shape index (κ2) is 8.64. The molecule has 0 fully saturated rings. The van der Waals surface area contributed by atoms with Crippen molar-refractivity contribution < 1.29 is 36.2 Å². The number of fused-ring (bicyclic) bond motifs is 2. The molecule has 1 aliphatic heterocycles. The summed E-state index contributed by atoms with van der Waals surface area (Å²) in [4.78, 5) is 6.05. The van der Waals surface area contributed by atoms with Crippen molar-refractivity contribution in [3.05, 3.63) is 58.0 Å². The largest absolute Gasteiger partial charge is 0.493 e. The van der Waals surface area contributed by atoms with Gasteiger partial charge in [-0.1, -0.05) is 18.5 Å². The van der Waals surface area contributed by atoms with E-state index in [0.29, 0.717) is 23.8 Å². The number of nitrogens with one attached hydrogen (secondary N) is 1. The predicted octanol–water partition coefficient (Wildman–Crippen LogP) is 6.03. The molecule has 2 N–H and O–H groups in total. The first-order chi connectivity index (χ1) is 15.8. The van der Waals surface area contributed by atoms with E-state index in [1.54, 1.807) is 6.07 Å². The van der Waals surface area contributed by atoms with Gasteiger partial charge in [-0.25, -0.2) is 13.8 Å². The third-order valence-corrected chi connectivity index (χ3v) is 6.36. The van der Waals surface area contributed by atoms with Crippen LogP contribution in [0.5, 0.6) is 5.75 Å². The van der Waals surface area contributed by atoms with Gasteiger partial charge in [0.1, 0.15) is 17.0 Å². The number of rotatable bonds is 7. The lowest BCUT2D eigenvalue weighted by Crippen LogP contribution is -2.46. The number of nitrogens with zero attached hydrogens (tertiary/aromatic N) is 1. The fraction of sp³-hybridized carbons (Fsp3) is 0.435. The molecule has 2 atom stereocenters. The third kappa shape index (κ3) is 4.57. The Morgan fingerprint density at radius 2 is 1.94 bits per heavy atom. The molecular weight excluding hydrogens is 486 g/mol. The van der Waals surface area contributed by atoms with Crippen LogP contribution in [0.15, 0.2) is 30.5 Å². The number of hydrogen-bond donors (Lipinski definition) is 2. The molecule has 3 aromatic rings. The second-order valence-electron chi connectivity index (χ2n) is 8.94. The Morgan fingerprint density at radius 3 is 2.59 bits per heavy atom. The highest BCUT2D eigenvalue weighted by Crippen LogP contribution is 2.45. The van der Waals surface area contributed by atoms with E-state index in [0.717, 1.165) is 17.8 Å². The number of pyridine rings is 1. The van der Waals surface area contributed by atoms with Crippen LogP contribution in [0.2, 0.25) is 5.02 Å². The summed E-state index contributed by atoms with van der Waals surface area (Å²) in [6.07, 6.45) is -7.81. The molecule has 1 aliphatic rings. The molecule has 0 aliphatic carbocycles. The topological polar surface area (TPSA) is 58.1 Å². The van der Waals surface area contributed by atoms with Crippen LogP contribution in [0.1, 0.15) is 35.9 Å². The number of aromatic amines is 1. The molecule has 0 spiro atoms. The summed E-state index contributed by atoms with van der Waals surface area (Å²) < 4.78 is 87.2. The lowest BCUT2D eigenvalue weighted by atomic mass is 9.72. The van der Waals surface area contributed by atoms with Crippen molar-refractivity contribution in [1.29, 1.82) is 0 Å². The van der Waals surface area contributed by atoms with E-state index in [4.69, 9.17) is 16.3 Å². The number of hydrogen-bond acceptors (Lipinski definition) is 3. The number of halogens is 7. The summed E-state index contributed by atoms with van der Waals surface area (Å²) in [6, 6.07) is 5.14. The van der Waals surface area contributed by atoms with Crippen LogP contribution in [-0.2, 0) is 24.4 Å². The fourth-order valence-electron chi connectivity index (χ4n) is 4.50. The highest BCUT2D eigenvalue weighted by Gasteiger charge is 2.47. The Bertz CT molecular complexity index is 1210. The smallest absolute Gasteiger partial charge is 0.433 e. The number of ether oxygens (including phenoxy) is 1. The Balaban J connectivity index is 1.68. The van der Waals surface area contributed by atoms with Gasteiger partial charge in [0, 0.05) is 39.9 Å². The van der Waals surface area contributed by atoms with Crippen LogP contribution in [0.4, 0.5) is 26.3 Å². The molecule has 4 nitrogen and oxygen atoms in total. The van der Waals surface area contributed by atoms with E-state index in [1.807, 2.05) is 0 Å². The molecule has 1 aromatic carbocycles. The highest BCUT2D eigenvalue weighted by atomic mass is 35.5. The summed E-state index contributed by atoms with van der Waals surface area (Å²) in [5.74, 6) is 0.373. The van der Waals surface area contributed by atoms with Gasteiger partial charge in [0.25, 0.3) is 6.43 Å². The zero-order chi connectivity index (χ0) is 24.9. The summed E-state index contributed by atoms with van der Waals surface area (Å²) in [6.45, 7) is 0.662. The molecule has 0 amide bonds. The molecule has 3 heterocycles. The Morgan fingerprint density at radius 1 is 1.21 bits per heavy atom. The normalized spacial score (nSPS) is 17.5. The summed E-state index contributed by atoms with van der Waals surface area (Å²) in [5.41, 5.74) is -4.13. The standard InChI is InChI=1S/C23H21ClF6N2O2/c1-21(11-25,16-7-14(24)4-12-2-3-34-19(12)16)10-22(33,20(26)27)8-15-5-13-6-18(23(28,29)30)31-9-17(13)32-15/h4-7,9,20,32-33H,2-3,8,10-11H2,1H3. The van der Waals surface area contributed by atoms with Gasteiger partial charge in [0.15, 0.2) is 0 Å². The predicted molar refractivity (Wildman–Crippen MR) is 114 cm³/mol. The minimum absolute atomic E-state index is 0.0627. The number of H-pyrrole nitrogens is 1. The minimum Gasteiger partial charge on any atom is -0.493 e. The van der Waals surface area contributed by atoms with Crippen LogP contribution >= 0.6 is 11.6 Å². The first kappa shape index (κ1) is 24.7. The van der Waals surface area contributed by atoms with E-state index >= 15 is 0 Å². The third-order valence-electron chi connectivity index (χ3n) is 6.14. The van der Waals surface area contributed by atoms with Crippen LogP contribution < -0.4 is 4.74 Å². The SMILES string of the molecule is CC(CF)(CC(O)(Cc1cc2cc(C(F)(F)F)ncc2[nH]1)C(F)F)c1cc(Cl)cc2c1OCC2. The van der Waals surface area contributed by atoms with E-state index in [-0.39, 0.29) is 22.2 Å². The lowest BCUT2D eigenvalue weighted by Gasteiger charge is -2.37. The van der Waals surface area contributed by atoms with E-state index in [2.05, 4.69) is 9.97 Å². The zero-order valence-corrected chi connectivity index (χ0v) is 18.7. The molecule has 0 saturated heterocycles. The molecule has 0 bridgehead atoms. The van der Waals surface area contributed by atoms with Crippen molar-refractivity contribution in [2.24, 2.45) is 0 Å². The summed E-state index contributed by atoms with van der Waals surface area (Å²) >= 11 is 6.17. The van der Waals surface area contributed by atoms with Crippen LogP contribution in [0.3, 0.4) is 0 Å². The Labute approximate surface area is 195 Å². The van der Waals surface area contributed by atoms with Gasteiger partial charge in [-0.3, -0.25) is 4.39 Å². The summed E-state index contributed by atoms with van der Waals surface area (Å²) in [5, 5.41) is 11.4. The number of alkyl halides is 6. The molecule has 2 aromatic heterocycles. The number of aromatic nitrogens is 2. The average Bonchev–Trinajstić information content (AvgIpc) is 3.37. The Kier molecular flexibility index (Phi) is 6.27. The first-order valence-electron chi connectivity index (χ1n) is 10.4. The highest BCUT2D eigenvalue weighted by molar-refractivity contribution is 6.30. The molecule has 4 rings (SSSR count). The van der Waals surface area contributed by atoms with E-state index < -0.39 is 48.8 Å². The molecule has 34 heavy (non-hydrogen) atoms. The monoisotopic (exact) mass is 506 g/mol. The van der Waals surface area contributed by atoms with Gasteiger partial charge in [-0.15, -0.1) is 0 Å². The van der Waals surface area contributed by atoms with Gasteiger partial charge >= 0.3 is 6.18 Å². The van der Waals surface area contributed by atoms with Crippen molar-refractivity contribution in [2.75, 3.05) is 13.3 Å².